The minimum Gasteiger partial charge on any atom is -0.238 e. The standard InChI is InChI=1S/C74H144N2/c1-5-8-11-14-17-20-23-26-29-32-35-38-41-44-47-50-53-56-59-62-65-68-72-73(69-66-63-60-57-54-51-48-45-42-39-36-33-30-27-24-21-18-15-12-9-6-2)75-71(4)76-74(72)70-67-64-61-58-55-52-49-46-43-40-37-34-31-28-25-22-19-16-13-10-7-3/h5-70H2,1-4H3. The minimum absolute atomic E-state index is 1.03. The Hall–Kier alpha value is -0.920. The molecule has 2 nitrogen and oxygen atoms in total. The Labute approximate surface area is 481 Å². The predicted octanol–water partition coefficient (Wildman–Crippen LogP) is 27.0. The summed E-state index contributed by atoms with van der Waals surface area (Å²) in [6, 6.07) is 0. The molecular weight excluding hydrogens is 917 g/mol. The zero-order valence-corrected chi connectivity index (χ0v) is 53.6. The molecule has 0 atom stereocenters. The Morgan fingerprint density at radius 3 is 0.461 bits per heavy atom. The van der Waals surface area contributed by atoms with Crippen molar-refractivity contribution in [2.45, 2.75) is 451 Å². The zero-order valence-electron chi connectivity index (χ0n) is 53.6. The maximum atomic E-state index is 5.19. The van der Waals surface area contributed by atoms with Gasteiger partial charge in [0.25, 0.3) is 0 Å². The van der Waals surface area contributed by atoms with Crippen molar-refractivity contribution >= 4 is 0 Å². The molecule has 0 aliphatic heterocycles. The Bertz CT molecular complexity index is 1150. The fourth-order valence-electron chi connectivity index (χ4n) is 12.6. The van der Waals surface area contributed by atoms with E-state index in [0.29, 0.717) is 0 Å². The molecule has 0 fully saturated rings. The number of unbranched alkanes of at least 4 members (excludes halogenated alkanes) is 60. The van der Waals surface area contributed by atoms with Crippen LogP contribution in [0.4, 0.5) is 0 Å². The van der Waals surface area contributed by atoms with Crippen LogP contribution in [0.25, 0.3) is 0 Å². The van der Waals surface area contributed by atoms with E-state index in [-0.39, 0.29) is 0 Å². The van der Waals surface area contributed by atoms with Gasteiger partial charge in [-0.25, -0.2) is 9.97 Å². The van der Waals surface area contributed by atoms with E-state index in [1.807, 2.05) is 0 Å². The van der Waals surface area contributed by atoms with Crippen LogP contribution < -0.4 is 0 Å². The van der Waals surface area contributed by atoms with E-state index < -0.39 is 0 Å². The third kappa shape index (κ3) is 53.7. The number of hydrogen-bond acceptors (Lipinski definition) is 2. The van der Waals surface area contributed by atoms with Crippen LogP contribution in [0, 0.1) is 6.92 Å². The highest BCUT2D eigenvalue weighted by Crippen LogP contribution is 2.24. The van der Waals surface area contributed by atoms with Gasteiger partial charge in [0, 0.05) is 11.4 Å². The van der Waals surface area contributed by atoms with Crippen molar-refractivity contribution in [1.82, 2.24) is 9.97 Å². The Morgan fingerprint density at radius 1 is 0.171 bits per heavy atom. The van der Waals surface area contributed by atoms with Crippen molar-refractivity contribution in [2.75, 3.05) is 0 Å². The molecule has 0 aromatic carbocycles. The summed E-state index contributed by atoms with van der Waals surface area (Å²) in [7, 11) is 0. The Balaban J connectivity index is 2.30. The topological polar surface area (TPSA) is 25.8 Å². The Morgan fingerprint density at radius 2 is 0.303 bits per heavy atom. The van der Waals surface area contributed by atoms with Gasteiger partial charge in [0.15, 0.2) is 0 Å². The summed E-state index contributed by atoms with van der Waals surface area (Å²) in [6.45, 7) is 9.13. The highest BCUT2D eigenvalue weighted by Gasteiger charge is 2.14. The molecule has 0 bridgehead atoms. The molecule has 1 heterocycles. The van der Waals surface area contributed by atoms with E-state index in [1.165, 1.54) is 435 Å². The summed E-state index contributed by atoms with van der Waals surface area (Å²) in [4.78, 5) is 10.4. The average molecular weight is 1060 g/mol. The average Bonchev–Trinajstić information content (AvgIpc) is 3.42. The van der Waals surface area contributed by atoms with Crippen LogP contribution in [0.15, 0.2) is 0 Å². The molecule has 0 aliphatic carbocycles. The fourth-order valence-corrected chi connectivity index (χ4v) is 12.6. The maximum Gasteiger partial charge on any atom is 0.125 e. The molecule has 450 valence electrons. The van der Waals surface area contributed by atoms with Crippen LogP contribution in [0.1, 0.15) is 448 Å². The molecular formula is C74H144N2. The number of rotatable bonds is 66. The van der Waals surface area contributed by atoms with E-state index in [9.17, 15) is 0 Å². The molecule has 0 spiro atoms. The molecule has 0 saturated heterocycles. The summed E-state index contributed by atoms with van der Waals surface area (Å²) in [5, 5.41) is 0. The first-order valence-electron chi connectivity index (χ1n) is 36.6. The third-order valence-electron chi connectivity index (χ3n) is 17.9. The van der Waals surface area contributed by atoms with Crippen molar-refractivity contribution in [3.05, 3.63) is 22.8 Å². The van der Waals surface area contributed by atoms with E-state index in [2.05, 4.69) is 27.7 Å². The van der Waals surface area contributed by atoms with Crippen LogP contribution in [-0.4, -0.2) is 9.97 Å². The SMILES string of the molecule is CCCCCCCCCCCCCCCCCCCCCCCc1nc(C)nc(CCCCCCCCCCCCCCCCCCCCCCC)c1CCCCCCCCCCCCCCCCCCCCCCC. The first-order chi connectivity index (χ1) is 37.7. The molecule has 1 rings (SSSR count). The second-order valence-corrected chi connectivity index (χ2v) is 25.6. The third-order valence-corrected chi connectivity index (χ3v) is 17.9. The van der Waals surface area contributed by atoms with Crippen molar-refractivity contribution < 1.29 is 0 Å². The number of hydrogen-bond donors (Lipinski definition) is 0. The molecule has 1 aromatic heterocycles. The van der Waals surface area contributed by atoms with Crippen LogP contribution in [0.5, 0.6) is 0 Å². The Kier molecular flexibility index (Phi) is 60.8. The van der Waals surface area contributed by atoms with Gasteiger partial charge in [-0.3, -0.25) is 0 Å². The summed E-state index contributed by atoms with van der Waals surface area (Å²) in [6.07, 6.45) is 94.7. The lowest BCUT2D eigenvalue weighted by Gasteiger charge is -2.15. The predicted molar refractivity (Wildman–Crippen MR) is 346 cm³/mol. The number of nitrogens with zero attached hydrogens (tertiary/aromatic N) is 2. The van der Waals surface area contributed by atoms with Gasteiger partial charge >= 0.3 is 0 Å². The molecule has 0 amide bonds. The lowest BCUT2D eigenvalue weighted by Crippen LogP contribution is -2.09. The molecule has 0 unspecified atom stereocenters. The molecule has 2 heteroatoms. The first-order valence-corrected chi connectivity index (χ1v) is 36.6. The monoisotopic (exact) mass is 1060 g/mol. The lowest BCUT2D eigenvalue weighted by molar-refractivity contribution is 0.519. The highest BCUT2D eigenvalue weighted by molar-refractivity contribution is 5.27. The van der Waals surface area contributed by atoms with Gasteiger partial charge in [-0.2, -0.15) is 0 Å². The molecule has 76 heavy (non-hydrogen) atoms. The summed E-state index contributed by atoms with van der Waals surface area (Å²) in [5.41, 5.74) is 4.43. The smallest absolute Gasteiger partial charge is 0.125 e. The summed E-state index contributed by atoms with van der Waals surface area (Å²) < 4.78 is 0. The minimum atomic E-state index is 1.03. The highest BCUT2D eigenvalue weighted by atomic mass is 14.9. The van der Waals surface area contributed by atoms with Gasteiger partial charge in [-0.1, -0.05) is 406 Å². The largest absolute Gasteiger partial charge is 0.238 e. The van der Waals surface area contributed by atoms with Gasteiger partial charge in [0.1, 0.15) is 5.82 Å². The molecule has 0 N–H and O–H groups in total. The van der Waals surface area contributed by atoms with Gasteiger partial charge in [-0.05, 0) is 51.0 Å². The summed E-state index contributed by atoms with van der Waals surface area (Å²) in [5.74, 6) is 1.03. The number of aromatic nitrogens is 2. The van der Waals surface area contributed by atoms with E-state index >= 15 is 0 Å². The quantitative estimate of drug-likeness (QED) is 0.0608. The van der Waals surface area contributed by atoms with Crippen molar-refractivity contribution in [2.24, 2.45) is 0 Å². The van der Waals surface area contributed by atoms with Crippen LogP contribution >= 0.6 is 0 Å². The van der Waals surface area contributed by atoms with Gasteiger partial charge in [-0.15, -0.1) is 0 Å². The lowest BCUT2D eigenvalue weighted by atomic mass is 9.96. The van der Waals surface area contributed by atoms with Gasteiger partial charge in [0.2, 0.25) is 0 Å². The molecule has 0 aliphatic rings. The normalized spacial score (nSPS) is 11.7. The van der Waals surface area contributed by atoms with Crippen LogP contribution in [0.3, 0.4) is 0 Å². The van der Waals surface area contributed by atoms with Gasteiger partial charge in [0.05, 0.1) is 0 Å². The van der Waals surface area contributed by atoms with Crippen LogP contribution in [-0.2, 0) is 19.3 Å². The van der Waals surface area contributed by atoms with E-state index in [4.69, 9.17) is 9.97 Å². The van der Waals surface area contributed by atoms with E-state index in [1.54, 1.807) is 5.56 Å². The molecule has 0 saturated carbocycles. The fraction of sp³-hybridized carbons (Fsp3) is 0.946. The molecule has 1 aromatic rings. The van der Waals surface area contributed by atoms with Crippen molar-refractivity contribution in [1.29, 1.82) is 0 Å². The summed E-state index contributed by atoms with van der Waals surface area (Å²) >= 11 is 0. The second kappa shape index (κ2) is 63.3. The first kappa shape index (κ1) is 73.1. The zero-order chi connectivity index (χ0) is 54.4. The maximum absolute atomic E-state index is 5.19. The number of aryl methyl sites for hydroxylation is 3. The molecule has 0 radical (unpaired) electrons. The van der Waals surface area contributed by atoms with Crippen molar-refractivity contribution in [3.8, 4) is 0 Å². The second-order valence-electron chi connectivity index (χ2n) is 25.6. The van der Waals surface area contributed by atoms with Crippen molar-refractivity contribution in [3.63, 3.8) is 0 Å². The van der Waals surface area contributed by atoms with Crippen LogP contribution in [0.2, 0.25) is 0 Å². The van der Waals surface area contributed by atoms with E-state index in [0.717, 1.165) is 5.82 Å². The van der Waals surface area contributed by atoms with Gasteiger partial charge < -0.3 is 0 Å².